The van der Waals surface area contributed by atoms with Gasteiger partial charge in [-0.25, -0.2) is 0 Å². The van der Waals surface area contributed by atoms with E-state index >= 15 is 0 Å². The van der Waals surface area contributed by atoms with E-state index in [-0.39, 0.29) is 10.6 Å². The Morgan fingerprint density at radius 2 is 1.77 bits per heavy atom. The Hall–Kier alpha value is -1.88. The van der Waals surface area contributed by atoms with Crippen molar-refractivity contribution in [1.29, 1.82) is 0 Å². The molecule has 1 aliphatic carbocycles. The van der Waals surface area contributed by atoms with Gasteiger partial charge in [-0.2, -0.15) is 0 Å². The summed E-state index contributed by atoms with van der Waals surface area (Å²) < 4.78 is 0. The molecule has 0 spiro atoms. The van der Waals surface area contributed by atoms with Crippen LogP contribution in [0.1, 0.15) is 79.6 Å². The van der Waals surface area contributed by atoms with Crippen LogP contribution in [0.5, 0.6) is 0 Å². The van der Waals surface area contributed by atoms with E-state index in [0.29, 0.717) is 29.2 Å². The second-order valence-electron chi connectivity index (χ2n) is 11.1. The Morgan fingerprint density at radius 1 is 1.13 bits per heavy atom. The number of nitro groups is 1. The maximum absolute atomic E-state index is 11.5. The molecule has 1 aromatic carbocycles. The number of anilines is 1. The van der Waals surface area contributed by atoms with E-state index in [1.54, 1.807) is 18.2 Å². The Bertz CT molecular complexity index is 779. The number of nitrogens with zero attached hydrogens (tertiary/aromatic N) is 2. The molecule has 0 aromatic heterocycles. The minimum absolute atomic E-state index is 0.118. The van der Waals surface area contributed by atoms with E-state index in [1.807, 2.05) is 12.1 Å². The number of nitrogens with one attached hydrogen (secondary N) is 1. The Morgan fingerprint density at radius 3 is 2.35 bits per heavy atom. The van der Waals surface area contributed by atoms with Crippen LogP contribution in [0.25, 0.3) is 0 Å². The van der Waals surface area contributed by atoms with Crippen LogP contribution in [0.4, 0.5) is 11.4 Å². The van der Waals surface area contributed by atoms with E-state index in [4.69, 9.17) is 0 Å². The highest BCUT2D eigenvalue weighted by Gasteiger charge is 2.41. The van der Waals surface area contributed by atoms with Crippen LogP contribution in [0.3, 0.4) is 0 Å². The fraction of sp³-hybridized carbons (Fsp3) is 0.692. The average molecular weight is 428 g/mol. The van der Waals surface area contributed by atoms with E-state index < -0.39 is 5.54 Å². The molecule has 31 heavy (non-hydrogen) atoms. The summed E-state index contributed by atoms with van der Waals surface area (Å²) >= 11 is 0. The lowest BCUT2D eigenvalue weighted by Crippen LogP contribution is -2.49. The lowest BCUT2D eigenvalue weighted by molar-refractivity contribution is -0.384. The molecule has 1 aromatic rings. The minimum atomic E-state index is -0.401. The van der Waals surface area contributed by atoms with Crippen LogP contribution in [-0.4, -0.2) is 33.5 Å². The normalized spacial score (nSPS) is 29.3. The first-order chi connectivity index (χ1) is 14.5. The summed E-state index contributed by atoms with van der Waals surface area (Å²) in [6.07, 6.45) is 10.4. The van der Waals surface area contributed by atoms with Crippen LogP contribution in [-0.2, 0) is 0 Å². The standard InChI is InChI=1S/C26H41N3O2/c1-7-26(6,27-23-10-8-9-11-24(23)29(30)31)18-22-15-12-19(2)28(22)21-16-13-20(14-17-21)25(3,4)5/h7-11,19-22,27H,1,12-18H2,2-6H3/t19-,20-,21-,22-,26+/m0/s1. The fourth-order valence-electron chi connectivity index (χ4n) is 5.92. The Kier molecular flexibility index (Phi) is 7.14. The second kappa shape index (κ2) is 9.32. The Balaban J connectivity index is 1.72. The molecule has 2 fully saturated rings. The lowest BCUT2D eigenvalue weighted by atomic mass is 9.71. The van der Waals surface area contributed by atoms with Gasteiger partial charge in [-0.3, -0.25) is 15.0 Å². The zero-order valence-corrected chi connectivity index (χ0v) is 20.1. The number of rotatable bonds is 7. The van der Waals surface area contributed by atoms with Gasteiger partial charge in [0.2, 0.25) is 0 Å². The van der Waals surface area contributed by atoms with Crippen molar-refractivity contribution >= 4 is 11.4 Å². The maximum atomic E-state index is 11.5. The third-order valence-electron chi connectivity index (χ3n) is 7.82. The van der Waals surface area contributed by atoms with Gasteiger partial charge in [-0.05, 0) is 76.2 Å². The first-order valence-corrected chi connectivity index (χ1v) is 12.0. The number of hydrogen-bond donors (Lipinski definition) is 1. The molecular formula is C26H41N3O2. The topological polar surface area (TPSA) is 58.4 Å². The summed E-state index contributed by atoms with van der Waals surface area (Å²) in [5, 5.41) is 14.9. The number of hydrogen-bond acceptors (Lipinski definition) is 4. The first-order valence-electron chi connectivity index (χ1n) is 12.0. The van der Waals surface area contributed by atoms with E-state index in [2.05, 4.69) is 51.4 Å². The van der Waals surface area contributed by atoms with Crippen LogP contribution in [0.2, 0.25) is 0 Å². The van der Waals surface area contributed by atoms with Crippen molar-refractivity contribution in [3.8, 4) is 0 Å². The molecule has 5 heteroatoms. The third kappa shape index (κ3) is 5.49. The van der Waals surface area contributed by atoms with Gasteiger partial charge in [-0.1, -0.05) is 39.0 Å². The van der Waals surface area contributed by atoms with Gasteiger partial charge in [0.15, 0.2) is 0 Å². The smallest absolute Gasteiger partial charge is 0.292 e. The molecule has 0 bridgehead atoms. The van der Waals surface area contributed by atoms with Gasteiger partial charge in [0, 0.05) is 24.2 Å². The molecule has 3 rings (SSSR count). The number of benzene rings is 1. The number of nitro benzene ring substituents is 1. The fourth-order valence-corrected chi connectivity index (χ4v) is 5.92. The highest BCUT2D eigenvalue weighted by Crippen LogP contribution is 2.43. The number of likely N-dealkylation sites (tertiary alicyclic amines) is 1. The SMILES string of the molecule is C=C[C@](C)(C[C@@H]1CC[C@H](C)N1[C@H]1CC[C@H](C(C)(C)C)CC1)Nc1ccccc1[N+](=O)[O-]. The van der Waals surface area contributed by atoms with Crippen LogP contribution in [0.15, 0.2) is 36.9 Å². The van der Waals surface area contributed by atoms with Crippen molar-refractivity contribution < 1.29 is 4.92 Å². The highest BCUT2D eigenvalue weighted by atomic mass is 16.6. The van der Waals surface area contributed by atoms with Gasteiger partial charge >= 0.3 is 0 Å². The van der Waals surface area contributed by atoms with Gasteiger partial charge in [0.25, 0.3) is 5.69 Å². The monoisotopic (exact) mass is 427 g/mol. The zero-order valence-electron chi connectivity index (χ0n) is 20.1. The van der Waals surface area contributed by atoms with Gasteiger partial charge in [0.05, 0.1) is 10.5 Å². The minimum Gasteiger partial charge on any atom is -0.371 e. The lowest BCUT2D eigenvalue weighted by Gasteiger charge is -2.45. The Labute approximate surface area is 188 Å². The van der Waals surface area contributed by atoms with Crippen molar-refractivity contribution in [3.05, 3.63) is 47.0 Å². The van der Waals surface area contributed by atoms with Crippen LogP contribution >= 0.6 is 0 Å². The molecule has 1 heterocycles. The summed E-state index contributed by atoms with van der Waals surface area (Å²) in [4.78, 5) is 13.9. The summed E-state index contributed by atoms with van der Waals surface area (Å²) in [6, 6.07) is 8.64. The summed E-state index contributed by atoms with van der Waals surface area (Å²) in [5.41, 5.74) is 0.684. The molecule has 2 aliphatic rings. The van der Waals surface area contributed by atoms with E-state index in [9.17, 15) is 10.1 Å². The highest BCUT2D eigenvalue weighted by molar-refractivity contribution is 5.62. The van der Waals surface area contributed by atoms with Crippen molar-refractivity contribution in [2.45, 2.75) is 103 Å². The predicted molar refractivity (Wildman–Crippen MR) is 129 cm³/mol. The van der Waals surface area contributed by atoms with E-state index in [0.717, 1.165) is 12.3 Å². The molecule has 1 N–H and O–H groups in total. The van der Waals surface area contributed by atoms with Crippen molar-refractivity contribution in [2.24, 2.45) is 11.3 Å². The maximum Gasteiger partial charge on any atom is 0.292 e. The molecule has 1 saturated heterocycles. The molecule has 5 nitrogen and oxygen atoms in total. The van der Waals surface area contributed by atoms with Gasteiger partial charge in [-0.15, -0.1) is 6.58 Å². The summed E-state index contributed by atoms with van der Waals surface area (Å²) in [7, 11) is 0. The van der Waals surface area contributed by atoms with Crippen LogP contribution < -0.4 is 5.32 Å². The number of para-hydroxylation sites is 2. The average Bonchev–Trinajstić information content (AvgIpc) is 3.07. The molecule has 3 atom stereocenters. The molecule has 0 unspecified atom stereocenters. The largest absolute Gasteiger partial charge is 0.371 e. The van der Waals surface area contributed by atoms with E-state index in [1.165, 1.54) is 38.5 Å². The second-order valence-corrected chi connectivity index (χ2v) is 11.1. The van der Waals surface area contributed by atoms with Gasteiger partial charge in [0.1, 0.15) is 5.69 Å². The first kappa shape index (κ1) is 23.8. The predicted octanol–water partition coefficient (Wildman–Crippen LogP) is 6.80. The zero-order chi connectivity index (χ0) is 22.8. The third-order valence-corrected chi connectivity index (χ3v) is 7.82. The summed E-state index contributed by atoms with van der Waals surface area (Å²) in [5.74, 6) is 0.818. The molecule has 0 radical (unpaired) electrons. The van der Waals surface area contributed by atoms with Gasteiger partial charge < -0.3 is 5.32 Å². The molecular weight excluding hydrogens is 386 g/mol. The van der Waals surface area contributed by atoms with Crippen molar-refractivity contribution in [3.63, 3.8) is 0 Å². The quantitative estimate of drug-likeness (QED) is 0.295. The van der Waals surface area contributed by atoms with Crippen LogP contribution in [0, 0.1) is 21.4 Å². The molecule has 1 saturated carbocycles. The molecule has 0 amide bonds. The molecule has 172 valence electrons. The molecule has 1 aliphatic heterocycles. The van der Waals surface area contributed by atoms with Crippen molar-refractivity contribution in [2.75, 3.05) is 5.32 Å². The summed E-state index contributed by atoms with van der Waals surface area (Å²) in [6.45, 7) is 15.7. The van der Waals surface area contributed by atoms with Crippen molar-refractivity contribution in [1.82, 2.24) is 4.90 Å².